The van der Waals surface area contributed by atoms with Gasteiger partial charge >= 0.3 is 6.03 Å². The summed E-state index contributed by atoms with van der Waals surface area (Å²) >= 11 is 5.12. The quantitative estimate of drug-likeness (QED) is 0.733. The molecule has 0 spiro atoms. The second-order valence-corrected chi connectivity index (χ2v) is 7.92. The number of carbonyl (C=O) groups excluding carboxylic acids is 1. The summed E-state index contributed by atoms with van der Waals surface area (Å²) in [7, 11) is 1.83. The van der Waals surface area contributed by atoms with E-state index in [4.69, 9.17) is 0 Å². The standard InChI is InChI=1S/C18H24BrN3OS/c1-13(2)17-21-16(12-24-17)8-10-20-18(23)22(3)11-9-14-4-6-15(19)7-5-14/h4-7,12-13H,8-11H2,1-3H3,(H,20,23). The number of hydrogen-bond donors (Lipinski definition) is 1. The van der Waals surface area contributed by atoms with Crippen molar-refractivity contribution >= 4 is 33.3 Å². The molecule has 0 bridgehead atoms. The predicted octanol–water partition coefficient (Wildman–Crippen LogP) is 4.46. The van der Waals surface area contributed by atoms with Crippen molar-refractivity contribution in [3.8, 4) is 0 Å². The van der Waals surface area contributed by atoms with Gasteiger partial charge < -0.3 is 10.2 Å². The molecular formula is C18H24BrN3OS. The van der Waals surface area contributed by atoms with E-state index in [0.29, 0.717) is 19.0 Å². The molecule has 0 aliphatic rings. The highest BCUT2D eigenvalue weighted by Gasteiger charge is 2.09. The van der Waals surface area contributed by atoms with Crippen molar-refractivity contribution in [2.45, 2.75) is 32.6 Å². The van der Waals surface area contributed by atoms with Gasteiger partial charge in [-0.15, -0.1) is 11.3 Å². The summed E-state index contributed by atoms with van der Waals surface area (Å²) in [6.45, 7) is 5.60. The molecule has 0 radical (unpaired) electrons. The Morgan fingerprint density at radius 1 is 1.29 bits per heavy atom. The minimum atomic E-state index is -0.0357. The van der Waals surface area contributed by atoms with Gasteiger partial charge in [-0.05, 0) is 24.1 Å². The smallest absolute Gasteiger partial charge is 0.317 e. The molecule has 0 saturated heterocycles. The number of urea groups is 1. The first-order valence-corrected chi connectivity index (χ1v) is 9.80. The van der Waals surface area contributed by atoms with E-state index in [-0.39, 0.29) is 6.03 Å². The first-order valence-electron chi connectivity index (χ1n) is 8.13. The number of amides is 2. The Kier molecular flexibility index (Phi) is 7.24. The Labute approximate surface area is 156 Å². The number of benzene rings is 1. The van der Waals surface area contributed by atoms with Gasteiger partial charge in [0.2, 0.25) is 0 Å². The zero-order chi connectivity index (χ0) is 17.5. The summed E-state index contributed by atoms with van der Waals surface area (Å²) in [6.07, 6.45) is 1.62. The molecule has 130 valence electrons. The van der Waals surface area contributed by atoms with E-state index in [1.54, 1.807) is 16.2 Å². The summed E-state index contributed by atoms with van der Waals surface area (Å²) in [5.74, 6) is 0.461. The molecule has 4 nitrogen and oxygen atoms in total. The summed E-state index contributed by atoms with van der Waals surface area (Å²) in [6, 6.07) is 8.16. The van der Waals surface area contributed by atoms with E-state index in [1.807, 2.05) is 19.2 Å². The van der Waals surface area contributed by atoms with E-state index in [0.717, 1.165) is 28.0 Å². The van der Waals surface area contributed by atoms with E-state index >= 15 is 0 Å². The molecule has 2 amide bonds. The zero-order valence-electron chi connectivity index (χ0n) is 14.4. The highest BCUT2D eigenvalue weighted by molar-refractivity contribution is 9.10. The molecule has 0 aliphatic heterocycles. The lowest BCUT2D eigenvalue weighted by Crippen LogP contribution is -2.39. The third kappa shape index (κ3) is 5.91. The second kappa shape index (κ2) is 9.18. The molecule has 2 aromatic rings. The SMILES string of the molecule is CC(C)c1nc(CCNC(=O)N(C)CCc2ccc(Br)cc2)cs1. The molecule has 6 heteroatoms. The first kappa shape index (κ1) is 18.9. The van der Waals surface area contributed by atoms with Gasteiger partial charge in [0.15, 0.2) is 0 Å². The van der Waals surface area contributed by atoms with Crippen LogP contribution in [-0.4, -0.2) is 36.1 Å². The Morgan fingerprint density at radius 3 is 2.62 bits per heavy atom. The van der Waals surface area contributed by atoms with Gasteiger partial charge in [-0.3, -0.25) is 0 Å². The van der Waals surface area contributed by atoms with Crippen molar-refractivity contribution in [3.05, 3.63) is 50.4 Å². The van der Waals surface area contributed by atoms with Crippen LogP contribution in [0.2, 0.25) is 0 Å². The van der Waals surface area contributed by atoms with E-state index < -0.39 is 0 Å². The van der Waals surface area contributed by atoms with Crippen molar-refractivity contribution in [3.63, 3.8) is 0 Å². The van der Waals surface area contributed by atoms with Crippen LogP contribution in [0.15, 0.2) is 34.1 Å². The van der Waals surface area contributed by atoms with E-state index in [1.165, 1.54) is 5.56 Å². The van der Waals surface area contributed by atoms with Gasteiger partial charge in [0, 0.05) is 42.3 Å². The van der Waals surface area contributed by atoms with Crippen LogP contribution in [0, 0.1) is 0 Å². The lowest BCUT2D eigenvalue weighted by molar-refractivity contribution is 0.209. The van der Waals surface area contributed by atoms with Crippen LogP contribution in [-0.2, 0) is 12.8 Å². The Balaban J connectivity index is 1.70. The third-order valence-electron chi connectivity index (χ3n) is 3.72. The highest BCUT2D eigenvalue weighted by atomic mass is 79.9. The number of halogens is 1. The molecule has 0 atom stereocenters. The monoisotopic (exact) mass is 409 g/mol. The van der Waals surface area contributed by atoms with Crippen molar-refractivity contribution in [1.82, 2.24) is 15.2 Å². The number of rotatable bonds is 7. The van der Waals surface area contributed by atoms with Crippen LogP contribution in [0.25, 0.3) is 0 Å². The van der Waals surface area contributed by atoms with Crippen LogP contribution in [0.1, 0.15) is 36.0 Å². The molecule has 1 aromatic carbocycles. The van der Waals surface area contributed by atoms with Crippen LogP contribution in [0.4, 0.5) is 4.79 Å². The largest absolute Gasteiger partial charge is 0.338 e. The average molecular weight is 410 g/mol. The Bertz CT molecular complexity index is 655. The summed E-state index contributed by atoms with van der Waals surface area (Å²) in [5.41, 5.74) is 2.28. The minimum absolute atomic E-state index is 0.0357. The van der Waals surface area contributed by atoms with E-state index in [9.17, 15) is 4.79 Å². The maximum atomic E-state index is 12.1. The molecule has 1 aromatic heterocycles. The van der Waals surface area contributed by atoms with Gasteiger partial charge in [-0.25, -0.2) is 9.78 Å². The fourth-order valence-electron chi connectivity index (χ4n) is 2.18. The Morgan fingerprint density at radius 2 is 2.00 bits per heavy atom. The van der Waals surface area contributed by atoms with Gasteiger partial charge in [-0.1, -0.05) is 41.9 Å². The average Bonchev–Trinajstić information content (AvgIpc) is 3.03. The number of nitrogens with zero attached hydrogens (tertiary/aromatic N) is 2. The van der Waals surface area contributed by atoms with Gasteiger partial charge in [0.1, 0.15) is 0 Å². The molecule has 2 rings (SSSR count). The highest BCUT2D eigenvalue weighted by Crippen LogP contribution is 2.19. The van der Waals surface area contributed by atoms with Crippen molar-refractivity contribution in [1.29, 1.82) is 0 Å². The van der Waals surface area contributed by atoms with Gasteiger partial charge in [-0.2, -0.15) is 0 Å². The number of thiazole rings is 1. The summed E-state index contributed by atoms with van der Waals surface area (Å²) in [4.78, 5) is 18.4. The zero-order valence-corrected chi connectivity index (χ0v) is 16.8. The van der Waals surface area contributed by atoms with Crippen LogP contribution < -0.4 is 5.32 Å². The fourth-order valence-corrected chi connectivity index (χ4v) is 3.32. The van der Waals surface area contributed by atoms with Crippen LogP contribution in [0.5, 0.6) is 0 Å². The number of carbonyl (C=O) groups is 1. The Hall–Kier alpha value is -1.40. The molecule has 0 unspecified atom stereocenters. The van der Waals surface area contributed by atoms with Gasteiger partial charge in [0.05, 0.1) is 10.7 Å². The molecule has 0 fully saturated rings. The maximum absolute atomic E-state index is 12.1. The van der Waals surface area contributed by atoms with Crippen molar-refractivity contribution in [2.75, 3.05) is 20.1 Å². The van der Waals surface area contributed by atoms with Gasteiger partial charge in [0.25, 0.3) is 0 Å². The summed E-state index contributed by atoms with van der Waals surface area (Å²) < 4.78 is 1.07. The number of hydrogen-bond acceptors (Lipinski definition) is 3. The predicted molar refractivity (Wildman–Crippen MR) is 104 cm³/mol. The van der Waals surface area contributed by atoms with Crippen molar-refractivity contribution < 1.29 is 4.79 Å². The molecule has 0 saturated carbocycles. The molecule has 1 N–H and O–H groups in total. The minimum Gasteiger partial charge on any atom is -0.338 e. The third-order valence-corrected chi connectivity index (χ3v) is 5.44. The topological polar surface area (TPSA) is 45.2 Å². The summed E-state index contributed by atoms with van der Waals surface area (Å²) in [5, 5.41) is 6.20. The molecule has 1 heterocycles. The fraction of sp³-hybridized carbons (Fsp3) is 0.444. The van der Waals surface area contributed by atoms with Crippen LogP contribution in [0.3, 0.4) is 0 Å². The lowest BCUT2D eigenvalue weighted by Gasteiger charge is -2.17. The molecule has 24 heavy (non-hydrogen) atoms. The van der Waals surface area contributed by atoms with Crippen molar-refractivity contribution in [2.24, 2.45) is 0 Å². The van der Waals surface area contributed by atoms with Crippen LogP contribution >= 0.6 is 27.3 Å². The van der Waals surface area contributed by atoms with E-state index in [2.05, 4.69) is 57.6 Å². The number of aromatic nitrogens is 1. The lowest BCUT2D eigenvalue weighted by atomic mass is 10.1. The molecule has 0 aliphatic carbocycles. The number of nitrogens with one attached hydrogen (secondary N) is 1. The second-order valence-electron chi connectivity index (χ2n) is 6.11. The number of likely N-dealkylation sites (N-methyl/N-ethyl adjacent to an activating group) is 1. The maximum Gasteiger partial charge on any atom is 0.317 e. The normalized spacial score (nSPS) is 10.9. The molecular weight excluding hydrogens is 386 g/mol. The first-order chi connectivity index (χ1) is 11.5.